The molecule has 0 spiro atoms. The molecule has 4 heteroatoms. The highest BCUT2D eigenvalue weighted by Crippen LogP contribution is 2.30. The maximum Gasteiger partial charge on any atom is 0.159 e. The van der Waals surface area contributed by atoms with Gasteiger partial charge >= 0.3 is 0 Å². The minimum atomic E-state index is 0.0605. The molecule has 2 heterocycles. The zero-order valence-corrected chi connectivity index (χ0v) is 11.8. The van der Waals surface area contributed by atoms with E-state index < -0.39 is 0 Å². The Bertz CT molecular complexity index is 606. The lowest BCUT2D eigenvalue weighted by molar-refractivity contribution is 0.378. The van der Waals surface area contributed by atoms with Gasteiger partial charge in [-0.1, -0.05) is 24.3 Å². The van der Waals surface area contributed by atoms with Gasteiger partial charge in [-0.2, -0.15) is 5.10 Å². The average Bonchev–Trinajstić information content (AvgIpc) is 2.40. The van der Waals surface area contributed by atoms with Gasteiger partial charge in [0.25, 0.3) is 0 Å². The number of benzene rings is 1. The van der Waals surface area contributed by atoms with E-state index in [9.17, 15) is 0 Å². The molecular weight excluding hydrogens is 236 g/mol. The first-order valence-electron chi connectivity index (χ1n) is 6.80. The standard InChI is InChI=1S/C15H20N4/c1-11-12-6-4-5-7-13(12)14(18-17-11)19-9-8-16-10-15(19,2)3/h4-7,16H,8-10H2,1-3H3. The smallest absolute Gasteiger partial charge is 0.159 e. The maximum absolute atomic E-state index is 4.47. The summed E-state index contributed by atoms with van der Waals surface area (Å²) in [6, 6.07) is 8.40. The van der Waals surface area contributed by atoms with Crippen LogP contribution in [0.1, 0.15) is 19.5 Å². The molecule has 19 heavy (non-hydrogen) atoms. The Balaban J connectivity index is 2.17. The molecule has 1 saturated heterocycles. The fourth-order valence-electron chi connectivity index (χ4n) is 2.80. The van der Waals surface area contributed by atoms with Crippen molar-refractivity contribution in [3.05, 3.63) is 30.0 Å². The average molecular weight is 256 g/mol. The highest BCUT2D eigenvalue weighted by atomic mass is 15.3. The van der Waals surface area contributed by atoms with Gasteiger partial charge in [-0.25, -0.2) is 0 Å². The van der Waals surface area contributed by atoms with Gasteiger partial charge in [0.05, 0.1) is 5.69 Å². The van der Waals surface area contributed by atoms with E-state index in [1.165, 1.54) is 10.8 Å². The third-order valence-electron chi connectivity index (χ3n) is 3.91. The normalized spacial score (nSPS) is 18.8. The van der Waals surface area contributed by atoms with Crippen molar-refractivity contribution in [3.8, 4) is 0 Å². The van der Waals surface area contributed by atoms with Crippen molar-refractivity contribution >= 4 is 16.6 Å². The highest BCUT2D eigenvalue weighted by Gasteiger charge is 2.31. The molecule has 1 aliphatic rings. The Morgan fingerprint density at radius 1 is 1.16 bits per heavy atom. The molecule has 1 N–H and O–H groups in total. The number of aromatic nitrogens is 2. The Morgan fingerprint density at radius 3 is 2.63 bits per heavy atom. The molecule has 3 rings (SSSR count). The zero-order chi connectivity index (χ0) is 13.5. The van der Waals surface area contributed by atoms with Gasteiger partial charge in [0.15, 0.2) is 5.82 Å². The van der Waals surface area contributed by atoms with Crippen LogP contribution in [-0.4, -0.2) is 35.4 Å². The number of rotatable bonds is 1. The summed E-state index contributed by atoms with van der Waals surface area (Å²) < 4.78 is 0. The van der Waals surface area contributed by atoms with E-state index in [1.54, 1.807) is 0 Å². The van der Waals surface area contributed by atoms with E-state index in [1.807, 2.05) is 6.92 Å². The number of fused-ring (bicyclic) bond motifs is 1. The highest BCUT2D eigenvalue weighted by molar-refractivity contribution is 5.93. The second-order valence-corrected chi connectivity index (χ2v) is 5.80. The molecule has 1 fully saturated rings. The van der Waals surface area contributed by atoms with Gasteiger partial charge in [-0.05, 0) is 20.8 Å². The minimum Gasteiger partial charge on any atom is -0.347 e. The third kappa shape index (κ3) is 2.06. The molecule has 0 saturated carbocycles. The first kappa shape index (κ1) is 12.4. The Hall–Kier alpha value is -1.68. The zero-order valence-electron chi connectivity index (χ0n) is 11.8. The number of hydrogen-bond donors (Lipinski definition) is 1. The Morgan fingerprint density at radius 2 is 1.89 bits per heavy atom. The summed E-state index contributed by atoms with van der Waals surface area (Å²) in [4.78, 5) is 2.37. The lowest BCUT2D eigenvalue weighted by Gasteiger charge is -2.43. The van der Waals surface area contributed by atoms with Gasteiger partial charge < -0.3 is 10.2 Å². The topological polar surface area (TPSA) is 41.1 Å². The van der Waals surface area contributed by atoms with Gasteiger partial charge in [0.2, 0.25) is 0 Å². The number of anilines is 1. The second kappa shape index (κ2) is 4.46. The minimum absolute atomic E-state index is 0.0605. The molecule has 1 aliphatic heterocycles. The van der Waals surface area contributed by atoms with Crippen LogP contribution in [0.2, 0.25) is 0 Å². The summed E-state index contributed by atoms with van der Waals surface area (Å²) in [5, 5.41) is 14.6. The number of piperazine rings is 1. The molecule has 0 bridgehead atoms. The molecule has 0 aliphatic carbocycles. The van der Waals surface area contributed by atoms with Crippen LogP contribution in [-0.2, 0) is 0 Å². The van der Waals surface area contributed by atoms with Crippen LogP contribution in [0.15, 0.2) is 24.3 Å². The lowest BCUT2D eigenvalue weighted by Crippen LogP contribution is -2.58. The van der Waals surface area contributed by atoms with Crippen molar-refractivity contribution in [2.45, 2.75) is 26.3 Å². The van der Waals surface area contributed by atoms with Crippen molar-refractivity contribution in [2.24, 2.45) is 0 Å². The molecule has 0 amide bonds. The lowest BCUT2D eigenvalue weighted by atomic mass is 9.99. The predicted molar refractivity (Wildman–Crippen MR) is 78.6 cm³/mol. The summed E-state index contributed by atoms with van der Waals surface area (Å²) in [5.41, 5.74) is 1.05. The summed E-state index contributed by atoms with van der Waals surface area (Å²) in [6.45, 7) is 9.44. The summed E-state index contributed by atoms with van der Waals surface area (Å²) in [5.74, 6) is 1.01. The van der Waals surface area contributed by atoms with Gasteiger partial charge in [0, 0.05) is 35.9 Å². The first-order chi connectivity index (χ1) is 9.09. The van der Waals surface area contributed by atoms with Crippen molar-refractivity contribution in [2.75, 3.05) is 24.5 Å². The molecule has 0 radical (unpaired) electrons. The van der Waals surface area contributed by atoms with Crippen LogP contribution >= 0.6 is 0 Å². The molecule has 2 aromatic rings. The van der Waals surface area contributed by atoms with Crippen LogP contribution in [0.4, 0.5) is 5.82 Å². The molecule has 4 nitrogen and oxygen atoms in total. The van der Waals surface area contributed by atoms with Gasteiger partial charge in [0.1, 0.15) is 0 Å². The summed E-state index contributed by atoms with van der Waals surface area (Å²) >= 11 is 0. The van der Waals surface area contributed by atoms with E-state index in [0.29, 0.717) is 0 Å². The van der Waals surface area contributed by atoms with Crippen LogP contribution in [0.25, 0.3) is 10.8 Å². The van der Waals surface area contributed by atoms with Crippen LogP contribution in [0.5, 0.6) is 0 Å². The van der Waals surface area contributed by atoms with Crippen LogP contribution in [0.3, 0.4) is 0 Å². The van der Waals surface area contributed by atoms with Crippen molar-refractivity contribution in [1.82, 2.24) is 15.5 Å². The van der Waals surface area contributed by atoms with Crippen molar-refractivity contribution in [3.63, 3.8) is 0 Å². The van der Waals surface area contributed by atoms with E-state index in [2.05, 4.69) is 58.5 Å². The van der Waals surface area contributed by atoms with Crippen LogP contribution in [0, 0.1) is 6.92 Å². The number of nitrogens with zero attached hydrogens (tertiary/aromatic N) is 3. The van der Waals surface area contributed by atoms with Crippen molar-refractivity contribution in [1.29, 1.82) is 0 Å². The molecular formula is C15H20N4. The van der Waals surface area contributed by atoms with E-state index in [-0.39, 0.29) is 5.54 Å². The summed E-state index contributed by atoms with van der Waals surface area (Å²) in [7, 11) is 0. The second-order valence-electron chi connectivity index (χ2n) is 5.80. The van der Waals surface area contributed by atoms with Gasteiger partial charge in [-0.3, -0.25) is 0 Å². The Labute approximate surface area is 113 Å². The predicted octanol–water partition coefficient (Wildman–Crippen LogP) is 2.13. The molecule has 0 unspecified atom stereocenters. The van der Waals surface area contributed by atoms with Gasteiger partial charge in [-0.15, -0.1) is 5.10 Å². The SMILES string of the molecule is Cc1nnc(N2CCNCC2(C)C)c2ccccc12. The summed E-state index contributed by atoms with van der Waals surface area (Å²) in [6.07, 6.45) is 0. The molecule has 0 atom stereocenters. The van der Waals surface area contributed by atoms with E-state index >= 15 is 0 Å². The maximum atomic E-state index is 4.47. The number of aryl methyl sites for hydroxylation is 1. The quantitative estimate of drug-likeness (QED) is 0.848. The van der Waals surface area contributed by atoms with E-state index in [0.717, 1.165) is 31.1 Å². The monoisotopic (exact) mass is 256 g/mol. The largest absolute Gasteiger partial charge is 0.347 e. The van der Waals surface area contributed by atoms with Crippen molar-refractivity contribution < 1.29 is 0 Å². The number of nitrogens with one attached hydrogen (secondary N) is 1. The number of hydrogen-bond acceptors (Lipinski definition) is 4. The molecule has 100 valence electrons. The Kier molecular flexibility index (Phi) is 2.90. The first-order valence-corrected chi connectivity index (χ1v) is 6.80. The molecule has 1 aromatic heterocycles. The van der Waals surface area contributed by atoms with Crippen LogP contribution < -0.4 is 10.2 Å². The fourth-order valence-corrected chi connectivity index (χ4v) is 2.80. The third-order valence-corrected chi connectivity index (χ3v) is 3.91. The van der Waals surface area contributed by atoms with E-state index in [4.69, 9.17) is 0 Å². The molecule has 1 aromatic carbocycles. The fraction of sp³-hybridized carbons (Fsp3) is 0.467.